The highest BCUT2D eigenvalue weighted by atomic mass is 19.1. The number of imidazole rings is 2. The molecular formula is C36H41FN10O5. The van der Waals surface area contributed by atoms with Gasteiger partial charge in [-0.1, -0.05) is 18.2 Å². The predicted octanol–water partition coefficient (Wildman–Crippen LogP) is 3.03. The van der Waals surface area contributed by atoms with Gasteiger partial charge in [0.05, 0.1) is 35.0 Å². The summed E-state index contributed by atoms with van der Waals surface area (Å²) < 4.78 is 17.8. The highest BCUT2D eigenvalue weighted by Gasteiger charge is 2.39. The van der Waals surface area contributed by atoms with Gasteiger partial charge >= 0.3 is 5.69 Å². The lowest BCUT2D eigenvalue weighted by molar-refractivity contribution is -0.121. The quantitative estimate of drug-likeness (QED) is 0.0758. The Morgan fingerprint density at radius 1 is 1.08 bits per heavy atom. The van der Waals surface area contributed by atoms with Crippen molar-refractivity contribution in [2.45, 2.75) is 56.8 Å². The Kier molecular flexibility index (Phi) is 10.6. The number of carbonyl (C=O) groups excluding carboxylic acids is 4. The number of unbranched alkanes of at least 4 members (excludes halogenated alkanes) is 1. The minimum Gasteiger partial charge on any atom is -0.385 e. The molecule has 5 aromatic rings. The van der Waals surface area contributed by atoms with E-state index in [0.29, 0.717) is 66.0 Å². The number of amides is 3. The first-order chi connectivity index (χ1) is 25.1. The van der Waals surface area contributed by atoms with E-state index in [9.17, 15) is 28.4 Å². The van der Waals surface area contributed by atoms with Crippen LogP contribution in [0.5, 0.6) is 0 Å². The van der Waals surface area contributed by atoms with Crippen LogP contribution in [0.3, 0.4) is 0 Å². The lowest BCUT2D eigenvalue weighted by Gasteiger charge is -2.12. The van der Waals surface area contributed by atoms with Gasteiger partial charge in [-0.3, -0.25) is 23.5 Å². The van der Waals surface area contributed by atoms with Gasteiger partial charge in [0, 0.05) is 57.8 Å². The fourth-order valence-electron chi connectivity index (χ4n) is 6.26. The molecule has 3 atom stereocenters. The van der Waals surface area contributed by atoms with E-state index in [1.807, 2.05) is 12.1 Å². The van der Waals surface area contributed by atoms with Crippen LogP contribution in [0, 0.1) is 0 Å². The van der Waals surface area contributed by atoms with E-state index in [0.717, 1.165) is 17.5 Å². The number of nitrogens with zero attached hydrogens (tertiary/aromatic N) is 5. The van der Waals surface area contributed by atoms with Gasteiger partial charge in [0.1, 0.15) is 12.5 Å². The number of alkyl halides is 1. The van der Waals surface area contributed by atoms with E-state index < -0.39 is 24.2 Å². The summed E-state index contributed by atoms with van der Waals surface area (Å²) in [6, 6.07) is 13.0. The molecule has 5 N–H and O–H groups in total. The summed E-state index contributed by atoms with van der Waals surface area (Å²) in [6.45, 7) is 0.429. The maximum Gasteiger partial charge on any atom is 0.329 e. The fourth-order valence-corrected chi connectivity index (χ4v) is 6.26. The Morgan fingerprint density at radius 3 is 2.60 bits per heavy atom. The van der Waals surface area contributed by atoms with Crippen LogP contribution in [0.15, 0.2) is 59.5 Å². The van der Waals surface area contributed by atoms with Crippen molar-refractivity contribution in [2.75, 3.05) is 31.3 Å². The number of fused-ring (bicyclic) bond motifs is 2. The van der Waals surface area contributed by atoms with Crippen molar-refractivity contribution in [1.82, 2.24) is 39.7 Å². The molecule has 16 heteroatoms. The van der Waals surface area contributed by atoms with Crippen molar-refractivity contribution >= 4 is 57.9 Å². The van der Waals surface area contributed by atoms with E-state index in [-0.39, 0.29) is 36.0 Å². The number of aryl methyl sites for hydroxylation is 2. The number of nitrogens with one attached hydrogen (secondary N) is 5. The monoisotopic (exact) mass is 712 g/mol. The molecule has 3 heterocycles. The van der Waals surface area contributed by atoms with Crippen molar-refractivity contribution in [3.8, 4) is 0 Å². The second-order valence-corrected chi connectivity index (χ2v) is 12.7. The molecule has 52 heavy (non-hydrogen) atoms. The van der Waals surface area contributed by atoms with E-state index in [4.69, 9.17) is 0 Å². The summed E-state index contributed by atoms with van der Waals surface area (Å²) in [5, 5.41) is 18.9. The van der Waals surface area contributed by atoms with Crippen LogP contribution in [0.2, 0.25) is 0 Å². The molecule has 2 aromatic carbocycles. The molecule has 15 nitrogen and oxygen atoms in total. The fraction of sp³-hybridized carbons (Fsp3) is 0.361. The van der Waals surface area contributed by atoms with E-state index in [2.05, 4.69) is 36.7 Å². The number of aromatic nitrogens is 5. The highest BCUT2D eigenvalue weighted by molar-refractivity contribution is 5.96. The molecule has 1 fully saturated rings. The van der Waals surface area contributed by atoms with Crippen LogP contribution < -0.4 is 32.3 Å². The van der Waals surface area contributed by atoms with Crippen molar-refractivity contribution in [3.05, 3.63) is 82.0 Å². The molecule has 1 aliphatic rings. The average Bonchev–Trinajstić information content (AvgIpc) is 3.55. The lowest BCUT2D eigenvalue weighted by Crippen LogP contribution is -2.28. The third-order valence-electron chi connectivity index (χ3n) is 9.18. The van der Waals surface area contributed by atoms with Crippen LogP contribution in [-0.2, 0) is 23.1 Å². The summed E-state index contributed by atoms with van der Waals surface area (Å²) >= 11 is 0. The first-order valence-corrected chi connectivity index (χ1v) is 17.1. The molecule has 3 aromatic heterocycles. The molecule has 0 saturated heterocycles. The Hall–Kier alpha value is -6.06. The Labute approximate surface area is 298 Å². The summed E-state index contributed by atoms with van der Waals surface area (Å²) in [4.78, 5) is 67.1. The number of halogens is 1. The Morgan fingerprint density at radius 2 is 1.87 bits per heavy atom. The Bertz CT molecular complexity index is 2210. The van der Waals surface area contributed by atoms with Crippen LogP contribution in [0.25, 0.3) is 16.7 Å². The number of carbonyl (C=O) groups is 4. The zero-order valence-electron chi connectivity index (χ0n) is 29.1. The van der Waals surface area contributed by atoms with Gasteiger partial charge in [-0.2, -0.15) is 0 Å². The maximum absolute atomic E-state index is 13.4. The summed E-state index contributed by atoms with van der Waals surface area (Å²) in [6.07, 6.45) is 3.76. The Balaban J connectivity index is 1.06. The predicted molar refractivity (Wildman–Crippen MR) is 194 cm³/mol. The zero-order valence-corrected chi connectivity index (χ0v) is 29.1. The van der Waals surface area contributed by atoms with Gasteiger partial charge < -0.3 is 31.4 Å². The van der Waals surface area contributed by atoms with Crippen molar-refractivity contribution in [3.63, 3.8) is 0 Å². The number of rotatable bonds is 16. The van der Waals surface area contributed by atoms with Crippen molar-refractivity contribution in [1.29, 1.82) is 0 Å². The van der Waals surface area contributed by atoms with E-state index >= 15 is 0 Å². The SMILES string of the molecule is CNC(=O)CCC(C=O)n1c(=O)n(C)c2c(CCCCNC(=O)c3cccc(Nc4cc(NC)c5ncc(C(=O)NC6CC6F)n5n4)c3)cccc21. The molecule has 0 aliphatic heterocycles. The van der Waals surface area contributed by atoms with Crippen LogP contribution in [-0.4, -0.2) is 80.6 Å². The summed E-state index contributed by atoms with van der Waals surface area (Å²) in [5.74, 6) is -0.526. The first-order valence-electron chi connectivity index (χ1n) is 17.1. The number of hydrogen-bond acceptors (Lipinski definition) is 9. The van der Waals surface area contributed by atoms with Gasteiger partial charge in [0.15, 0.2) is 17.2 Å². The maximum atomic E-state index is 13.4. The molecule has 272 valence electrons. The molecule has 0 bridgehead atoms. The molecule has 3 unspecified atom stereocenters. The molecule has 0 radical (unpaired) electrons. The number of para-hydroxylation sites is 1. The van der Waals surface area contributed by atoms with Crippen LogP contribution in [0.4, 0.5) is 21.6 Å². The van der Waals surface area contributed by atoms with Gasteiger partial charge in [-0.25, -0.2) is 18.7 Å². The van der Waals surface area contributed by atoms with E-state index in [1.165, 1.54) is 22.3 Å². The summed E-state index contributed by atoms with van der Waals surface area (Å²) in [5.41, 5.74) is 4.25. The summed E-state index contributed by atoms with van der Waals surface area (Å²) in [7, 11) is 4.93. The lowest BCUT2D eigenvalue weighted by atomic mass is 10.1. The normalized spacial score (nSPS) is 15.6. The van der Waals surface area contributed by atoms with Gasteiger partial charge in [-0.15, -0.1) is 5.10 Å². The van der Waals surface area contributed by atoms with Crippen molar-refractivity contribution < 1.29 is 23.6 Å². The van der Waals surface area contributed by atoms with Crippen molar-refractivity contribution in [2.24, 2.45) is 7.05 Å². The molecule has 6 rings (SSSR count). The second kappa shape index (κ2) is 15.4. The minimum atomic E-state index is -1.04. The smallest absolute Gasteiger partial charge is 0.329 e. The molecular weight excluding hydrogens is 671 g/mol. The second-order valence-electron chi connectivity index (χ2n) is 12.7. The number of benzene rings is 2. The van der Waals surface area contributed by atoms with Crippen LogP contribution >= 0.6 is 0 Å². The van der Waals surface area contributed by atoms with E-state index in [1.54, 1.807) is 55.1 Å². The molecule has 0 spiro atoms. The number of hydrogen-bond donors (Lipinski definition) is 5. The number of aldehydes is 1. The molecule has 1 saturated carbocycles. The van der Waals surface area contributed by atoms with Gasteiger partial charge in [-0.05, 0) is 55.5 Å². The minimum absolute atomic E-state index is 0.124. The topological polar surface area (TPSA) is 186 Å². The third-order valence-corrected chi connectivity index (χ3v) is 9.18. The molecule has 3 amide bonds. The standard InChI is InChI=1S/C36H41FN10O5/c1-38-27-18-30(44-47-29(19-41-33(27)47)35(51)43-26-17-25(26)37)42-23-11-6-10-22(16-23)34(50)40-15-5-4-8-21-9-7-12-28-32(21)45(3)36(52)46(28)24(20-48)13-14-31(49)39-2/h6-7,9-12,16,18-20,24-26,38H,4-5,8,13-15,17H2,1-3H3,(H,39,49)(H,40,50)(H,42,44)(H,43,51). The third kappa shape index (κ3) is 7.50. The highest BCUT2D eigenvalue weighted by Crippen LogP contribution is 2.27. The zero-order chi connectivity index (χ0) is 36.9. The number of anilines is 3. The van der Waals surface area contributed by atoms with Gasteiger partial charge in [0.25, 0.3) is 11.8 Å². The largest absolute Gasteiger partial charge is 0.385 e. The molecule has 1 aliphatic carbocycles. The first kappa shape index (κ1) is 35.8. The average molecular weight is 713 g/mol. The van der Waals surface area contributed by atoms with Gasteiger partial charge in [0.2, 0.25) is 5.91 Å². The van der Waals surface area contributed by atoms with Crippen LogP contribution in [0.1, 0.15) is 64.6 Å².